The number of carbonyl (C=O) groups excluding carboxylic acids is 2. The average Bonchev–Trinajstić information content (AvgIpc) is 3.19. The molecule has 0 aliphatic carbocycles. The van der Waals surface area contributed by atoms with E-state index in [0.717, 1.165) is 54.7 Å². The van der Waals surface area contributed by atoms with Gasteiger partial charge in [0.15, 0.2) is 5.17 Å². The largest absolute Gasteiger partial charge is 0.459 e. The fourth-order valence-electron chi connectivity index (χ4n) is 4.64. The van der Waals surface area contributed by atoms with Gasteiger partial charge in [0, 0.05) is 31.9 Å². The Hall–Kier alpha value is -2.58. The molecule has 8 heteroatoms. The highest BCUT2D eigenvalue weighted by Gasteiger charge is 2.41. The summed E-state index contributed by atoms with van der Waals surface area (Å²) in [5.41, 5.74) is 4.16. The molecule has 0 aromatic heterocycles. The smallest absolute Gasteiger partial charge is 0.338 e. The van der Waals surface area contributed by atoms with E-state index in [2.05, 4.69) is 22.8 Å². The van der Waals surface area contributed by atoms with E-state index in [-0.39, 0.29) is 30.4 Å². The van der Waals surface area contributed by atoms with Crippen molar-refractivity contribution in [2.75, 3.05) is 32.7 Å². The third-order valence-electron chi connectivity index (χ3n) is 6.43. The van der Waals surface area contributed by atoms with E-state index < -0.39 is 0 Å². The van der Waals surface area contributed by atoms with E-state index in [9.17, 15) is 9.59 Å². The summed E-state index contributed by atoms with van der Waals surface area (Å²) in [6.07, 6.45) is 0.0501. The number of carbonyl (C=O) groups is 2. The Labute approximate surface area is 206 Å². The number of allylic oxidation sites excluding steroid dienone is 1. The molecular formula is C26H34N4O3S. The number of ether oxygens (including phenoxy) is 1. The summed E-state index contributed by atoms with van der Waals surface area (Å²) in [6.45, 7) is 14.1. The van der Waals surface area contributed by atoms with Gasteiger partial charge in [-0.05, 0) is 45.2 Å². The summed E-state index contributed by atoms with van der Waals surface area (Å²) in [4.78, 5) is 37.6. The highest BCUT2D eigenvalue weighted by molar-refractivity contribution is 8.16. The molecule has 3 aliphatic rings. The van der Waals surface area contributed by atoms with Crippen molar-refractivity contribution in [1.82, 2.24) is 14.7 Å². The van der Waals surface area contributed by atoms with Crippen molar-refractivity contribution >= 4 is 28.8 Å². The van der Waals surface area contributed by atoms with Crippen molar-refractivity contribution < 1.29 is 14.3 Å². The van der Waals surface area contributed by atoms with Crippen molar-refractivity contribution in [2.45, 2.75) is 53.2 Å². The Morgan fingerprint density at radius 3 is 2.56 bits per heavy atom. The van der Waals surface area contributed by atoms with Gasteiger partial charge in [0.1, 0.15) is 0 Å². The van der Waals surface area contributed by atoms with Crippen LogP contribution in [-0.4, -0.2) is 70.6 Å². The van der Waals surface area contributed by atoms with Crippen LogP contribution < -0.4 is 0 Å². The fraction of sp³-hybridized carbons (Fsp3) is 0.500. The molecule has 1 unspecified atom stereocenters. The van der Waals surface area contributed by atoms with Gasteiger partial charge in [0.25, 0.3) is 0 Å². The molecule has 1 saturated heterocycles. The lowest BCUT2D eigenvalue weighted by molar-refractivity contribution is -0.143. The SMILES string of the molecule is CCN1CCN(C(=O)CC2=CSC3=NC(C)=C(C(=O)OC(C)C)C(c4cccc(C)c4)N23)CC1. The molecular weight excluding hydrogens is 448 g/mol. The normalized spacial score (nSPS) is 20.9. The number of hydrogen-bond donors (Lipinski definition) is 0. The number of thioether (sulfide) groups is 1. The summed E-state index contributed by atoms with van der Waals surface area (Å²) < 4.78 is 5.62. The lowest BCUT2D eigenvalue weighted by Gasteiger charge is -2.38. The van der Waals surface area contributed by atoms with Gasteiger partial charge in [-0.2, -0.15) is 0 Å². The zero-order valence-electron chi connectivity index (χ0n) is 20.7. The van der Waals surface area contributed by atoms with Gasteiger partial charge in [-0.1, -0.05) is 48.5 Å². The monoisotopic (exact) mass is 482 g/mol. The van der Waals surface area contributed by atoms with Crippen LogP contribution in [0.3, 0.4) is 0 Å². The first-order valence-corrected chi connectivity index (χ1v) is 12.9. The van der Waals surface area contributed by atoms with Gasteiger partial charge in [-0.3, -0.25) is 4.79 Å². The molecule has 1 amide bonds. The van der Waals surface area contributed by atoms with Crippen LogP contribution in [-0.2, 0) is 14.3 Å². The van der Waals surface area contributed by atoms with Crippen molar-refractivity contribution in [3.05, 3.63) is 57.8 Å². The number of piperazine rings is 1. The molecule has 0 saturated carbocycles. The minimum absolute atomic E-state index is 0.115. The van der Waals surface area contributed by atoms with Gasteiger partial charge < -0.3 is 19.4 Å². The Morgan fingerprint density at radius 1 is 1.18 bits per heavy atom. The second kappa shape index (κ2) is 10.4. The van der Waals surface area contributed by atoms with Gasteiger partial charge in [0.05, 0.1) is 29.8 Å². The van der Waals surface area contributed by atoms with Crippen molar-refractivity contribution in [2.24, 2.45) is 4.99 Å². The van der Waals surface area contributed by atoms with Gasteiger partial charge >= 0.3 is 5.97 Å². The number of aliphatic imine (C=N–C) groups is 1. The van der Waals surface area contributed by atoms with Crippen LogP contribution in [0.4, 0.5) is 0 Å². The Balaban J connectivity index is 1.64. The summed E-state index contributed by atoms with van der Waals surface area (Å²) in [5.74, 6) is -0.246. The zero-order chi connectivity index (χ0) is 24.4. The molecule has 3 aliphatic heterocycles. The van der Waals surface area contributed by atoms with E-state index in [1.54, 1.807) is 0 Å². The number of benzene rings is 1. The summed E-state index contributed by atoms with van der Waals surface area (Å²) in [5, 5.41) is 2.80. The zero-order valence-corrected chi connectivity index (χ0v) is 21.5. The molecule has 182 valence electrons. The molecule has 0 bridgehead atoms. The molecule has 3 heterocycles. The number of amides is 1. The summed E-state index contributed by atoms with van der Waals surface area (Å²) >= 11 is 1.51. The van der Waals surface area contributed by atoms with Gasteiger partial charge in [0.2, 0.25) is 5.91 Å². The standard InChI is InChI=1S/C26H34N4O3S/c1-6-28-10-12-29(13-11-28)22(31)15-21-16-34-26-27-19(5)23(25(32)33-17(2)3)24(30(21)26)20-9-7-8-18(4)14-20/h7-9,14,16-17,24H,6,10-13,15H2,1-5H3. The van der Waals surface area contributed by atoms with Crippen molar-refractivity contribution in [3.63, 3.8) is 0 Å². The van der Waals surface area contributed by atoms with Crippen LogP contribution in [0.1, 0.15) is 51.3 Å². The van der Waals surface area contributed by atoms with Crippen LogP contribution >= 0.6 is 11.8 Å². The number of hydrogen-bond acceptors (Lipinski definition) is 7. The predicted molar refractivity (Wildman–Crippen MR) is 136 cm³/mol. The molecule has 1 aromatic rings. The van der Waals surface area contributed by atoms with Crippen LogP contribution in [0.5, 0.6) is 0 Å². The maximum atomic E-state index is 13.2. The van der Waals surface area contributed by atoms with Crippen molar-refractivity contribution in [3.8, 4) is 0 Å². The number of fused-ring (bicyclic) bond motifs is 1. The topological polar surface area (TPSA) is 65.4 Å². The molecule has 34 heavy (non-hydrogen) atoms. The predicted octanol–water partition coefficient (Wildman–Crippen LogP) is 4.08. The molecule has 4 rings (SSSR count). The first-order valence-electron chi connectivity index (χ1n) is 12.0. The maximum Gasteiger partial charge on any atom is 0.338 e. The Kier molecular flexibility index (Phi) is 7.48. The molecule has 7 nitrogen and oxygen atoms in total. The first-order chi connectivity index (χ1) is 16.3. The first kappa shape index (κ1) is 24.5. The third-order valence-corrected chi connectivity index (χ3v) is 7.31. The average molecular weight is 483 g/mol. The number of nitrogens with zero attached hydrogens (tertiary/aromatic N) is 4. The number of aryl methyl sites for hydroxylation is 1. The molecule has 0 N–H and O–H groups in total. The maximum absolute atomic E-state index is 13.2. The molecule has 1 atom stereocenters. The van der Waals surface area contributed by atoms with Crippen molar-refractivity contribution in [1.29, 1.82) is 0 Å². The third kappa shape index (κ3) is 5.08. The van der Waals surface area contributed by atoms with Gasteiger partial charge in [-0.15, -0.1) is 0 Å². The Bertz CT molecular complexity index is 1050. The molecule has 0 spiro atoms. The lowest BCUT2D eigenvalue weighted by Crippen LogP contribution is -2.49. The second-order valence-corrected chi connectivity index (χ2v) is 10.1. The van der Waals surface area contributed by atoms with E-state index in [4.69, 9.17) is 9.73 Å². The molecule has 1 aromatic carbocycles. The van der Waals surface area contributed by atoms with E-state index >= 15 is 0 Å². The number of rotatable bonds is 6. The number of likely N-dealkylation sites (N-methyl/N-ethyl adjacent to an activating group) is 1. The van der Waals surface area contributed by atoms with Crippen LogP contribution in [0, 0.1) is 6.92 Å². The molecule has 1 fully saturated rings. The minimum Gasteiger partial charge on any atom is -0.459 e. The molecule has 0 radical (unpaired) electrons. The van der Waals surface area contributed by atoms with E-state index in [1.807, 2.05) is 56.2 Å². The summed E-state index contributed by atoms with van der Waals surface area (Å²) in [6, 6.07) is 7.78. The number of esters is 1. The minimum atomic E-state index is -0.385. The van der Waals surface area contributed by atoms with Crippen LogP contribution in [0.2, 0.25) is 0 Å². The van der Waals surface area contributed by atoms with E-state index in [1.165, 1.54) is 11.8 Å². The quantitative estimate of drug-likeness (QED) is 0.570. The highest BCUT2D eigenvalue weighted by atomic mass is 32.2. The number of amidine groups is 1. The van der Waals surface area contributed by atoms with Crippen LogP contribution in [0.25, 0.3) is 0 Å². The second-order valence-electron chi connectivity index (χ2n) is 9.25. The lowest BCUT2D eigenvalue weighted by atomic mass is 9.93. The van der Waals surface area contributed by atoms with E-state index in [0.29, 0.717) is 11.3 Å². The highest BCUT2D eigenvalue weighted by Crippen LogP contribution is 2.45. The van der Waals surface area contributed by atoms with Crippen LogP contribution in [0.15, 0.2) is 51.6 Å². The summed E-state index contributed by atoms with van der Waals surface area (Å²) in [7, 11) is 0. The Morgan fingerprint density at radius 2 is 1.91 bits per heavy atom. The fourth-order valence-corrected chi connectivity index (χ4v) is 5.61. The van der Waals surface area contributed by atoms with Gasteiger partial charge in [-0.25, -0.2) is 9.79 Å².